The molecule has 0 heterocycles. The highest BCUT2D eigenvalue weighted by Crippen LogP contribution is 2.39. The van der Waals surface area contributed by atoms with Crippen LogP contribution in [0.2, 0.25) is 0 Å². The van der Waals surface area contributed by atoms with Gasteiger partial charge in [-0.1, -0.05) is 19.3 Å². The van der Waals surface area contributed by atoms with Crippen molar-refractivity contribution < 1.29 is 17.9 Å². The Kier molecular flexibility index (Phi) is 6.43. The predicted molar refractivity (Wildman–Crippen MR) is 65.6 cm³/mol. The standard InChI is InChI=1S/C13H24F3NO/c1-17-10-12(6-3-2-4-7-12)8-5-9-18-11-13(14,15)16/h17H,2-11H2,1H3. The minimum absolute atomic E-state index is 0.213. The van der Waals surface area contributed by atoms with Gasteiger partial charge < -0.3 is 10.1 Å². The zero-order chi connectivity index (χ0) is 13.5. The molecular weight excluding hydrogens is 243 g/mol. The van der Waals surface area contributed by atoms with Crippen molar-refractivity contribution in [3.8, 4) is 0 Å². The lowest BCUT2D eigenvalue weighted by Crippen LogP contribution is -2.35. The molecule has 0 atom stereocenters. The van der Waals surface area contributed by atoms with E-state index in [0.717, 1.165) is 19.4 Å². The zero-order valence-corrected chi connectivity index (χ0v) is 11.1. The number of hydrogen-bond acceptors (Lipinski definition) is 2. The molecule has 18 heavy (non-hydrogen) atoms. The van der Waals surface area contributed by atoms with E-state index >= 15 is 0 Å². The highest BCUT2D eigenvalue weighted by molar-refractivity contribution is 4.84. The van der Waals surface area contributed by atoms with E-state index < -0.39 is 12.8 Å². The Balaban J connectivity index is 2.21. The maximum absolute atomic E-state index is 11.9. The van der Waals surface area contributed by atoms with Crippen LogP contribution in [0.1, 0.15) is 44.9 Å². The van der Waals surface area contributed by atoms with E-state index in [-0.39, 0.29) is 12.0 Å². The van der Waals surface area contributed by atoms with Gasteiger partial charge in [-0.25, -0.2) is 0 Å². The van der Waals surface area contributed by atoms with E-state index in [4.69, 9.17) is 0 Å². The van der Waals surface area contributed by atoms with E-state index in [9.17, 15) is 13.2 Å². The molecule has 0 aromatic carbocycles. The van der Waals surface area contributed by atoms with Crippen molar-refractivity contribution >= 4 is 0 Å². The minimum Gasteiger partial charge on any atom is -0.372 e. The lowest BCUT2D eigenvalue weighted by Gasteiger charge is -2.37. The number of alkyl halides is 3. The first-order valence-corrected chi connectivity index (χ1v) is 6.77. The molecule has 0 bridgehead atoms. The van der Waals surface area contributed by atoms with Gasteiger partial charge >= 0.3 is 6.18 Å². The topological polar surface area (TPSA) is 21.3 Å². The van der Waals surface area contributed by atoms with E-state index in [1.165, 1.54) is 32.1 Å². The normalized spacial score (nSPS) is 20.0. The first-order chi connectivity index (χ1) is 8.47. The highest BCUT2D eigenvalue weighted by Gasteiger charge is 2.31. The van der Waals surface area contributed by atoms with Gasteiger partial charge in [-0.05, 0) is 38.1 Å². The van der Waals surface area contributed by atoms with Crippen LogP contribution in [0.5, 0.6) is 0 Å². The van der Waals surface area contributed by atoms with E-state index in [0.29, 0.717) is 0 Å². The third-order valence-electron chi connectivity index (χ3n) is 3.73. The summed E-state index contributed by atoms with van der Waals surface area (Å²) in [5.41, 5.74) is 0.286. The average molecular weight is 267 g/mol. The van der Waals surface area contributed by atoms with Crippen molar-refractivity contribution in [1.82, 2.24) is 5.32 Å². The number of hydrogen-bond donors (Lipinski definition) is 1. The first-order valence-electron chi connectivity index (χ1n) is 6.77. The molecule has 1 aliphatic carbocycles. The third-order valence-corrected chi connectivity index (χ3v) is 3.73. The monoisotopic (exact) mass is 267 g/mol. The summed E-state index contributed by atoms with van der Waals surface area (Å²) in [7, 11) is 1.94. The molecule has 0 aromatic heterocycles. The van der Waals surface area contributed by atoms with Crippen molar-refractivity contribution in [2.75, 3.05) is 26.8 Å². The van der Waals surface area contributed by atoms with E-state index in [2.05, 4.69) is 10.1 Å². The summed E-state index contributed by atoms with van der Waals surface area (Å²) in [5, 5.41) is 3.22. The molecule has 0 unspecified atom stereocenters. The lowest BCUT2D eigenvalue weighted by atomic mass is 9.71. The van der Waals surface area contributed by atoms with Gasteiger partial charge in [0.15, 0.2) is 0 Å². The van der Waals surface area contributed by atoms with Crippen molar-refractivity contribution in [2.45, 2.75) is 51.1 Å². The molecule has 1 aliphatic rings. The fraction of sp³-hybridized carbons (Fsp3) is 1.00. The Hall–Kier alpha value is -0.290. The molecular formula is C13H24F3NO. The van der Waals surface area contributed by atoms with Crippen LogP contribution >= 0.6 is 0 Å². The summed E-state index contributed by atoms with van der Waals surface area (Å²) in [6.45, 7) is 0.0588. The summed E-state index contributed by atoms with van der Waals surface area (Å²) in [6, 6.07) is 0. The molecule has 1 fully saturated rings. The van der Waals surface area contributed by atoms with Gasteiger partial charge in [-0.2, -0.15) is 13.2 Å². The molecule has 1 saturated carbocycles. The van der Waals surface area contributed by atoms with Crippen LogP contribution in [0.25, 0.3) is 0 Å². The minimum atomic E-state index is -4.20. The quantitative estimate of drug-likeness (QED) is 0.713. The number of rotatable bonds is 7. The molecule has 0 aromatic rings. The Morgan fingerprint density at radius 3 is 2.39 bits per heavy atom. The largest absolute Gasteiger partial charge is 0.411 e. The molecule has 5 heteroatoms. The maximum atomic E-state index is 11.9. The fourth-order valence-electron chi connectivity index (χ4n) is 2.93. The Labute approximate surface area is 107 Å². The average Bonchev–Trinajstić information content (AvgIpc) is 2.28. The number of halogens is 3. The predicted octanol–water partition coefficient (Wildman–Crippen LogP) is 3.52. The van der Waals surface area contributed by atoms with Gasteiger partial charge in [0.1, 0.15) is 6.61 Å². The Morgan fingerprint density at radius 1 is 1.17 bits per heavy atom. The summed E-state index contributed by atoms with van der Waals surface area (Å²) >= 11 is 0. The smallest absolute Gasteiger partial charge is 0.372 e. The van der Waals surface area contributed by atoms with E-state index in [1.807, 2.05) is 7.05 Å². The SMILES string of the molecule is CNCC1(CCCOCC(F)(F)F)CCCCC1. The van der Waals surface area contributed by atoms with E-state index in [1.54, 1.807) is 0 Å². The number of ether oxygens (including phenoxy) is 1. The van der Waals surface area contributed by atoms with Crippen molar-refractivity contribution in [2.24, 2.45) is 5.41 Å². The van der Waals surface area contributed by atoms with Crippen LogP contribution < -0.4 is 5.32 Å². The summed E-state index contributed by atoms with van der Waals surface area (Å²) in [4.78, 5) is 0. The van der Waals surface area contributed by atoms with Gasteiger partial charge in [0, 0.05) is 13.2 Å². The maximum Gasteiger partial charge on any atom is 0.411 e. The molecule has 0 aliphatic heterocycles. The second-order valence-electron chi connectivity index (χ2n) is 5.36. The second-order valence-corrected chi connectivity index (χ2v) is 5.36. The molecule has 0 amide bonds. The highest BCUT2D eigenvalue weighted by atomic mass is 19.4. The first kappa shape index (κ1) is 15.8. The molecule has 1 N–H and O–H groups in total. The molecule has 2 nitrogen and oxygen atoms in total. The zero-order valence-electron chi connectivity index (χ0n) is 11.1. The van der Waals surface area contributed by atoms with Crippen LogP contribution in [0, 0.1) is 5.41 Å². The van der Waals surface area contributed by atoms with Crippen LogP contribution in [0.4, 0.5) is 13.2 Å². The van der Waals surface area contributed by atoms with Gasteiger partial charge in [0.2, 0.25) is 0 Å². The molecule has 108 valence electrons. The van der Waals surface area contributed by atoms with Crippen LogP contribution in [0.15, 0.2) is 0 Å². The fourth-order valence-corrected chi connectivity index (χ4v) is 2.93. The summed E-state index contributed by atoms with van der Waals surface area (Å²) in [6.07, 6.45) is 3.63. The van der Waals surface area contributed by atoms with Crippen LogP contribution in [0.3, 0.4) is 0 Å². The molecule has 0 radical (unpaired) electrons. The summed E-state index contributed by atoms with van der Waals surface area (Å²) < 4.78 is 40.4. The summed E-state index contributed by atoms with van der Waals surface area (Å²) in [5.74, 6) is 0. The second kappa shape index (κ2) is 7.34. The molecule has 1 rings (SSSR count). The van der Waals surface area contributed by atoms with Crippen LogP contribution in [-0.2, 0) is 4.74 Å². The van der Waals surface area contributed by atoms with Gasteiger partial charge in [0.25, 0.3) is 0 Å². The van der Waals surface area contributed by atoms with Crippen molar-refractivity contribution in [3.05, 3.63) is 0 Å². The van der Waals surface area contributed by atoms with Crippen LogP contribution in [-0.4, -0.2) is 33.0 Å². The third kappa shape index (κ3) is 6.05. The molecule has 0 spiro atoms. The van der Waals surface area contributed by atoms with Gasteiger partial charge in [0.05, 0.1) is 0 Å². The lowest BCUT2D eigenvalue weighted by molar-refractivity contribution is -0.174. The number of nitrogens with one attached hydrogen (secondary N) is 1. The Bertz CT molecular complexity index is 219. The van der Waals surface area contributed by atoms with Crippen molar-refractivity contribution in [1.29, 1.82) is 0 Å². The van der Waals surface area contributed by atoms with Gasteiger partial charge in [-0.15, -0.1) is 0 Å². The van der Waals surface area contributed by atoms with Crippen molar-refractivity contribution in [3.63, 3.8) is 0 Å². The Morgan fingerprint density at radius 2 is 1.83 bits per heavy atom. The molecule has 0 saturated heterocycles. The van der Waals surface area contributed by atoms with Gasteiger partial charge in [-0.3, -0.25) is 0 Å².